The van der Waals surface area contributed by atoms with Crippen LogP contribution in [0.1, 0.15) is 76.8 Å². The highest BCUT2D eigenvalue weighted by atomic mass is 16.6. The monoisotopic (exact) mass is 540 g/mol. The van der Waals surface area contributed by atoms with Crippen LogP contribution in [-0.4, -0.2) is 47.9 Å². The summed E-state index contributed by atoms with van der Waals surface area (Å²) in [5.74, 6) is -0.565. The molecular formula is C31H44N2O6. The van der Waals surface area contributed by atoms with Gasteiger partial charge in [-0.15, -0.1) is 0 Å². The molecule has 8 heteroatoms. The number of amides is 2. The molecule has 0 heterocycles. The van der Waals surface area contributed by atoms with Gasteiger partial charge in [-0.1, -0.05) is 55.3 Å². The number of unbranched alkanes of at least 4 members (excludes halogenated alkanes) is 4. The van der Waals surface area contributed by atoms with Crippen molar-refractivity contribution in [3.05, 3.63) is 65.7 Å². The van der Waals surface area contributed by atoms with Crippen LogP contribution in [0.5, 0.6) is 5.75 Å². The van der Waals surface area contributed by atoms with Gasteiger partial charge in [0.1, 0.15) is 17.4 Å². The van der Waals surface area contributed by atoms with E-state index in [2.05, 4.69) is 22.8 Å². The highest BCUT2D eigenvalue weighted by Gasteiger charge is 2.20. The number of carbonyl (C=O) groups excluding carboxylic acids is 2. The summed E-state index contributed by atoms with van der Waals surface area (Å²) in [6.45, 7) is 6.68. The van der Waals surface area contributed by atoms with E-state index in [4.69, 9.17) is 9.47 Å². The van der Waals surface area contributed by atoms with E-state index >= 15 is 0 Å². The lowest BCUT2D eigenvalue weighted by molar-refractivity contribution is -0.141. The standard InChI is InChI=1S/C31H44N2O6/c1-31(2,3)39-30(37)32-21-11-4-5-12-22-38-26-19-17-25(18-20-26)23-27(29(35)36)33-28(34)16-10-9-15-24-13-7-6-8-14-24/h6-8,13-14,17-20,27H,4-5,9-12,15-16,21-23H2,1-3H3,(H,32,37)(H,33,34)(H,35,36). The third kappa shape index (κ3) is 14.8. The summed E-state index contributed by atoms with van der Waals surface area (Å²) in [5, 5.41) is 15.0. The van der Waals surface area contributed by atoms with Gasteiger partial charge in [0, 0.05) is 19.4 Å². The van der Waals surface area contributed by atoms with Crippen molar-refractivity contribution in [1.82, 2.24) is 10.6 Å². The van der Waals surface area contributed by atoms with Crippen LogP contribution >= 0.6 is 0 Å². The fourth-order valence-corrected chi connectivity index (χ4v) is 3.96. The molecule has 1 unspecified atom stereocenters. The number of carbonyl (C=O) groups is 3. The van der Waals surface area contributed by atoms with Crippen LogP contribution in [0.4, 0.5) is 4.79 Å². The summed E-state index contributed by atoms with van der Waals surface area (Å²) in [6, 6.07) is 16.4. The van der Waals surface area contributed by atoms with E-state index in [1.807, 2.05) is 63.2 Å². The quantitative estimate of drug-likeness (QED) is 0.223. The van der Waals surface area contributed by atoms with Gasteiger partial charge in [0.05, 0.1) is 6.61 Å². The predicted molar refractivity (Wildman–Crippen MR) is 152 cm³/mol. The Morgan fingerprint density at radius 2 is 1.54 bits per heavy atom. The van der Waals surface area contributed by atoms with Crippen LogP contribution in [0.3, 0.4) is 0 Å². The molecule has 39 heavy (non-hydrogen) atoms. The van der Waals surface area contributed by atoms with Crippen molar-refractivity contribution in [2.75, 3.05) is 13.2 Å². The Bertz CT molecular complexity index is 1000. The first-order valence-corrected chi connectivity index (χ1v) is 13.9. The summed E-state index contributed by atoms with van der Waals surface area (Å²) < 4.78 is 11.0. The minimum Gasteiger partial charge on any atom is -0.494 e. The van der Waals surface area contributed by atoms with Gasteiger partial charge < -0.3 is 25.2 Å². The van der Waals surface area contributed by atoms with Crippen LogP contribution in [0, 0.1) is 0 Å². The Balaban J connectivity index is 1.60. The topological polar surface area (TPSA) is 114 Å². The van der Waals surface area contributed by atoms with Gasteiger partial charge in [0.25, 0.3) is 0 Å². The first-order valence-electron chi connectivity index (χ1n) is 13.9. The number of hydrogen-bond acceptors (Lipinski definition) is 5. The van der Waals surface area contributed by atoms with E-state index in [0.717, 1.165) is 49.8 Å². The first-order chi connectivity index (χ1) is 18.6. The molecule has 0 radical (unpaired) electrons. The molecule has 2 aromatic carbocycles. The molecule has 0 bridgehead atoms. The molecule has 0 aliphatic rings. The zero-order chi connectivity index (χ0) is 28.5. The minimum absolute atomic E-state index is 0.211. The van der Waals surface area contributed by atoms with Gasteiger partial charge in [0.15, 0.2) is 0 Å². The third-order valence-electron chi connectivity index (χ3n) is 5.97. The molecular weight excluding hydrogens is 496 g/mol. The van der Waals surface area contributed by atoms with Crippen molar-refractivity contribution < 1.29 is 29.0 Å². The van der Waals surface area contributed by atoms with Crippen molar-refractivity contribution in [1.29, 1.82) is 0 Å². The molecule has 2 amide bonds. The third-order valence-corrected chi connectivity index (χ3v) is 5.97. The van der Waals surface area contributed by atoms with Gasteiger partial charge in [0.2, 0.25) is 5.91 Å². The lowest BCUT2D eigenvalue weighted by atomic mass is 10.0. The molecule has 0 saturated carbocycles. The Morgan fingerprint density at radius 3 is 2.21 bits per heavy atom. The molecule has 1 atom stereocenters. The number of ether oxygens (including phenoxy) is 2. The van der Waals surface area contributed by atoms with Crippen molar-refractivity contribution in [3.63, 3.8) is 0 Å². The maximum atomic E-state index is 12.3. The number of benzene rings is 2. The van der Waals surface area contributed by atoms with Gasteiger partial charge in [-0.25, -0.2) is 9.59 Å². The van der Waals surface area contributed by atoms with E-state index in [-0.39, 0.29) is 18.4 Å². The zero-order valence-corrected chi connectivity index (χ0v) is 23.5. The number of alkyl carbamates (subject to hydrolysis) is 1. The zero-order valence-electron chi connectivity index (χ0n) is 23.5. The van der Waals surface area contributed by atoms with Crippen LogP contribution in [0.15, 0.2) is 54.6 Å². The van der Waals surface area contributed by atoms with Crippen LogP contribution in [0.25, 0.3) is 0 Å². The molecule has 2 rings (SSSR count). The largest absolute Gasteiger partial charge is 0.494 e. The number of hydrogen-bond donors (Lipinski definition) is 3. The Hall–Kier alpha value is -3.55. The van der Waals surface area contributed by atoms with Crippen molar-refractivity contribution in [2.24, 2.45) is 0 Å². The number of carboxylic acids is 1. The number of aryl methyl sites for hydroxylation is 1. The molecule has 0 fully saturated rings. The van der Waals surface area contributed by atoms with Crippen LogP contribution in [0.2, 0.25) is 0 Å². The van der Waals surface area contributed by atoms with E-state index in [9.17, 15) is 19.5 Å². The maximum absolute atomic E-state index is 12.3. The summed E-state index contributed by atoms with van der Waals surface area (Å²) in [5.41, 5.74) is 1.56. The lowest BCUT2D eigenvalue weighted by Crippen LogP contribution is -2.42. The summed E-state index contributed by atoms with van der Waals surface area (Å²) in [7, 11) is 0. The summed E-state index contributed by atoms with van der Waals surface area (Å²) in [6.07, 6.45) is 6.36. The van der Waals surface area contributed by atoms with Crippen molar-refractivity contribution >= 4 is 18.0 Å². The number of nitrogens with one attached hydrogen (secondary N) is 2. The van der Waals surface area contributed by atoms with E-state index in [1.54, 1.807) is 0 Å². The second kappa shape index (κ2) is 17.1. The summed E-state index contributed by atoms with van der Waals surface area (Å²) >= 11 is 0. The molecule has 0 saturated heterocycles. The number of carboxylic acid groups (broad SMARTS) is 1. The van der Waals surface area contributed by atoms with Crippen molar-refractivity contribution in [2.45, 2.75) is 90.2 Å². The normalized spacial score (nSPS) is 11.9. The fourth-order valence-electron chi connectivity index (χ4n) is 3.96. The summed E-state index contributed by atoms with van der Waals surface area (Å²) in [4.78, 5) is 35.6. The van der Waals surface area contributed by atoms with E-state index in [1.165, 1.54) is 5.56 Å². The molecule has 0 aliphatic heterocycles. The molecule has 0 aliphatic carbocycles. The second-order valence-electron chi connectivity index (χ2n) is 10.7. The van der Waals surface area contributed by atoms with Crippen molar-refractivity contribution in [3.8, 4) is 5.75 Å². The SMILES string of the molecule is CC(C)(C)OC(=O)NCCCCCCOc1ccc(CC(NC(=O)CCCCc2ccccc2)C(=O)O)cc1. The molecule has 3 N–H and O–H groups in total. The van der Waals surface area contributed by atoms with E-state index < -0.39 is 17.6 Å². The highest BCUT2D eigenvalue weighted by molar-refractivity contribution is 5.83. The Morgan fingerprint density at radius 1 is 0.846 bits per heavy atom. The molecule has 8 nitrogen and oxygen atoms in total. The highest BCUT2D eigenvalue weighted by Crippen LogP contribution is 2.15. The van der Waals surface area contributed by atoms with Gasteiger partial charge in [-0.2, -0.15) is 0 Å². The minimum atomic E-state index is -1.05. The molecule has 214 valence electrons. The van der Waals surface area contributed by atoms with Crippen LogP contribution < -0.4 is 15.4 Å². The van der Waals surface area contributed by atoms with Gasteiger partial charge >= 0.3 is 12.1 Å². The Kier molecular flexibility index (Phi) is 13.9. The fraction of sp³-hybridized carbons (Fsp3) is 0.516. The van der Waals surface area contributed by atoms with E-state index in [0.29, 0.717) is 26.0 Å². The second-order valence-corrected chi connectivity index (χ2v) is 10.7. The van der Waals surface area contributed by atoms with Crippen LogP contribution in [-0.2, 0) is 27.2 Å². The van der Waals surface area contributed by atoms with Gasteiger partial charge in [-0.3, -0.25) is 4.79 Å². The average molecular weight is 541 g/mol. The number of rotatable bonds is 17. The smallest absolute Gasteiger partial charge is 0.407 e. The average Bonchev–Trinajstić information content (AvgIpc) is 2.88. The predicted octanol–water partition coefficient (Wildman–Crippen LogP) is 5.68. The maximum Gasteiger partial charge on any atom is 0.407 e. The molecule has 2 aromatic rings. The van der Waals surface area contributed by atoms with Gasteiger partial charge in [-0.05, 0) is 76.1 Å². The Labute approximate surface area is 232 Å². The molecule has 0 aromatic heterocycles. The first kappa shape index (κ1) is 31.7. The molecule has 0 spiro atoms. The lowest BCUT2D eigenvalue weighted by Gasteiger charge is -2.19. The number of aliphatic carboxylic acids is 1.